The Kier molecular flexibility index (Phi) is 4.36. The molecule has 23 heavy (non-hydrogen) atoms. The molecule has 1 aromatic heterocycles. The minimum absolute atomic E-state index is 0.0371. The summed E-state index contributed by atoms with van der Waals surface area (Å²) in [6, 6.07) is 1.40. The molecule has 0 spiro atoms. The molecule has 3 rings (SSSR count). The highest BCUT2D eigenvalue weighted by molar-refractivity contribution is 5.24. The number of aliphatic hydroxyl groups excluding tert-OH is 3. The molecule has 2 aliphatic rings. The second kappa shape index (κ2) is 6.15. The number of hydrogen-bond donors (Lipinski definition) is 4. The fourth-order valence-electron chi connectivity index (χ4n) is 3.09. The number of ether oxygens (including phenoxy) is 2. The summed E-state index contributed by atoms with van der Waals surface area (Å²) in [6.07, 6.45) is -2.49. The second-order valence-electron chi connectivity index (χ2n) is 5.54. The maximum absolute atomic E-state index is 12.3. The third-order valence-corrected chi connectivity index (χ3v) is 4.23. The molecule has 0 saturated carbocycles. The molecule has 0 unspecified atom stereocenters. The summed E-state index contributed by atoms with van der Waals surface area (Å²) in [5.74, 6) is -1.64. The molecule has 10 heteroatoms. The van der Waals surface area contributed by atoms with Crippen LogP contribution in [0.2, 0.25) is 0 Å². The summed E-state index contributed by atoms with van der Waals surface area (Å²) in [7, 11) is 0. The van der Waals surface area contributed by atoms with Crippen molar-refractivity contribution < 1.29 is 24.8 Å². The first kappa shape index (κ1) is 16.3. The van der Waals surface area contributed by atoms with Gasteiger partial charge in [-0.1, -0.05) is 0 Å². The topological polar surface area (TPSA) is 143 Å². The summed E-state index contributed by atoms with van der Waals surface area (Å²) in [5.41, 5.74) is 4.79. The Morgan fingerprint density at radius 1 is 1.39 bits per heavy atom. The van der Waals surface area contributed by atoms with Crippen molar-refractivity contribution in [3.63, 3.8) is 0 Å². The van der Waals surface area contributed by atoms with E-state index in [9.17, 15) is 20.1 Å². The SMILES string of the molecule is Nc1ccn([C@]2(N3CCOCC3)O[C@H](CO)[C@@H](O)[C@H]2O)c(=O)n1. The Balaban J connectivity index is 2.12. The van der Waals surface area contributed by atoms with Gasteiger partial charge in [0.25, 0.3) is 0 Å². The third-order valence-electron chi connectivity index (χ3n) is 4.23. The van der Waals surface area contributed by atoms with Crippen LogP contribution in [0.1, 0.15) is 0 Å². The average molecular weight is 328 g/mol. The molecule has 0 aliphatic carbocycles. The zero-order chi connectivity index (χ0) is 16.6. The van der Waals surface area contributed by atoms with E-state index in [1.54, 1.807) is 4.90 Å². The third kappa shape index (κ3) is 2.53. The minimum Gasteiger partial charge on any atom is -0.394 e. The fourth-order valence-corrected chi connectivity index (χ4v) is 3.09. The van der Waals surface area contributed by atoms with Gasteiger partial charge in [0.1, 0.15) is 24.1 Å². The van der Waals surface area contributed by atoms with E-state index in [1.165, 1.54) is 12.3 Å². The van der Waals surface area contributed by atoms with Gasteiger partial charge in [-0.25, -0.2) is 4.79 Å². The Morgan fingerprint density at radius 2 is 2.09 bits per heavy atom. The normalized spacial score (nSPS) is 35.5. The summed E-state index contributed by atoms with van der Waals surface area (Å²) >= 11 is 0. The number of hydrogen-bond acceptors (Lipinski definition) is 9. The summed E-state index contributed by atoms with van der Waals surface area (Å²) in [5, 5.41) is 30.2. The van der Waals surface area contributed by atoms with E-state index in [1.807, 2.05) is 0 Å². The minimum atomic E-state index is -1.67. The summed E-state index contributed by atoms with van der Waals surface area (Å²) < 4.78 is 12.2. The predicted molar refractivity (Wildman–Crippen MR) is 77.2 cm³/mol. The van der Waals surface area contributed by atoms with Crippen LogP contribution < -0.4 is 11.4 Å². The van der Waals surface area contributed by atoms with E-state index < -0.39 is 36.5 Å². The first-order valence-electron chi connectivity index (χ1n) is 7.34. The van der Waals surface area contributed by atoms with Gasteiger partial charge in [-0.05, 0) is 6.07 Å². The van der Waals surface area contributed by atoms with Crippen LogP contribution in [-0.4, -0.2) is 81.0 Å². The quantitative estimate of drug-likeness (QED) is 0.453. The Labute approximate surface area is 131 Å². The predicted octanol–water partition coefficient (Wildman–Crippen LogP) is -3.12. The second-order valence-corrected chi connectivity index (χ2v) is 5.54. The number of anilines is 1. The molecule has 2 saturated heterocycles. The van der Waals surface area contributed by atoms with Crippen molar-refractivity contribution in [3.05, 3.63) is 22.7 Å². The van der Waals surface area contributed by atoms with Gasteiger partial charge in [-0.15, -0.1) is 0 Å². The number of aromatic nitrogens is 2. The highest BCUT2D eigenvalue weighted by Crippen LogP contribution is 2.38. The largest absolute Gasteiger partial charge is 0.394 e. The fraction of sp³-hybridized carbons (Fsp3) is 0.692. The Hall–Kier alpha value is -1.56. The van der Waals surface area contributed by atoms with Crippen LogP contribution in [0.25, 0.3) is 0 Å². The van der Waals surface area contributed by atoms with Crippen molar-refractivity contribution in [1.29, 1.82) is 0 Å². The van der Waals surface area contributed by atoms with Crippen molar-refractivity contribution in [2.45, 2.75) is 24.2 Å². The lowest BCUT2D eigenvalue weighted by atomic mass is 10.1. The van der Waals surface area contributed by atoms with Gasteiger partial charge in [0, 0.05) is 19.3 Å². The van der Waals surface area contributed by atoms with Crippen molar-refractivity contribution in [2.75, 3.05) is 38.6 Å². The molecule has 4 atom stereocenters. The molecule has 1 aromatic rings. The van der Waals surface area contributed by atoms with Gasteiger partial charge in [0.15, 0.2) is 0 Å². The van der Waals surface area contributed by atoms with E-state index in [0.29, 0.717) is 26.3 Å². The van der Waals surface area contributed by atoms with Gasteiger partial charge in [-0.3, -0.25) is 9.47 Å². The molecule has 2 aliphatic heterocycles. The lowest BCUT2D eigenvalue weighted by Gasteiger charge is -2.44. The molecule has 2 fully saturated rings. The van der Waals surface area contributed by atoms with Crippen LogP contribution >= 0.6 is 0 Å². The first-order chi connectivity index (χ1) is 11.0. The van der Waals surface area contributed by atoms with E-state index >= 15 is 0 Å². The summed E-state index contributed by atoms with van der Waals surface area (Å²) in [6.45, 7) is 1.02. The maximum atomic E-state index is 12.3. The van der Waals surface area contributed by atoms with Gasteiger partial charge >= 0.3 is 5.69 Å². The van der Waals surface area contributed by atoms with Crippen molar-refractivity contribution in [1.82, 2.24) is 14.5 Å². The lowest BCUT2D eigenvalue weighted by molar-refractivity contribution is -0.258. The molecule has 0 amide bonds. The molecule has 5 N–H and O–H groups in total. The van der Waals surface area contributed by atoms with E-state index in [0.717, 1.165) is 4.57 Å². The van der Waals surface area contributed by atoms with Crippen LogP contribution in [0, 0.1) is 0 Å². The molecular weight excluding hydrogens is 308 g/mol. The standard InChI is InChI=1S/C13H20N4O6/c14-9-1-2-17(12(21)15-9)13(16-3-5-22-6-4-16)11(20)10(19)8(7-18)23-13/h1-2,8,10-11,18-20H,3-7H2,(H2,14,15,21)/t8-,10-,11-,13+/m1/s1. The van der Waals surface area contributed by atoms with Crippen LogP contribution in [0.4, 0.5) is 5.82 Å². The average Bonchev–Trinajstić information content (AvgIpc) is 2.81. The first-order valence-corrected chi connectivity index (χ1v) is 7.34. The van der Waals surface area contributed by atoms with E-state index in [2.05, 4.69) is 4.98 Å². The van der Waals surface area contributed by atoms with Crippen molar-refractivity contribution in [2.24, 2.45) is 0 Å². The molecule has 0 bridgehead atoms. The maximum Gasteiger partial charge on any atom is 0.352 e. The molecule has 128 valence electrons. The molecule has 10 nitrogen and oxygen atoms in total. The number of morpholine rings is 1. The van der Waals surface area contributed by atoms with Gasteiger partial charge in [0.05, 0.1) is 19.8 Å². The molecule has 0 radical (unpaired) electrons. The summed E-state index contributed by atoms with van der Waals surface area (Å²) in [4.78, 5) is 17.7. The van der Waals surface area contributed by atoms with Crippen LogP contribution in [-0.2, 0) is 15.3 Å². The van der Waals surface area contributed by atoms with Gasteiger partial charge in [0.2, 0.25) is 5.85 Å². The van der Waals surface area contributed by atoms with Gasteiger partial charge in [-0.2, -0.15) is 4.98 Å². The van der Waals surface area contributed by atoms with Crippen LogP contribution in [0.15, 0.2) is 17.1 Å². The molecular formula is C13H20N4O6. The highest BCUT2D eigenvalue weighted by atomic mass is 16.6. The Morgan fingerprint density at radius 3 is 2.65 bits per heavy atom. The Bertz CT molecular complexity index is 619. The molecule has 3 heterocycles. The van der Waals surface area contributed by atoms with Crippen LogP contribution in [0.5, 0.6) is 0 Å². The number of rotatable bonds is 3. The number of nitrogens with zero attached hydrogens (tertiary/aromatic N) is 3. The lowest BCUT2D eigenvalue weighted by Crippen LogP contribution is -2.63. The highest BCUT2D eigenvalue weighted by Gasteiger charge is 2.59. The number of aliphatic hydroxyl groups is 3. The van der Waals surface area contributed by atoms with E-state index in [4.69, 9.17) is 15.2 Å². The van der Waals surface area contributed by atoms with Crippen LogP contribution in [0.3, 0.4) is 0 Å². The van der Waals surface area contributed by atoms with Crippen molar-refractivity contribution in [3.8, 4) is 0 Å². The van der Waals surface area contributed by atoms with Crippen molar-refractivity contribution >= 4 is 5.82 Å². The van der Waals surface area contributed by atoms with Gasteiger partial charge < -0.3 is 30.5 Å². The smallest absolute Gasteiger partial charge is 0.352 e. The number of nitrogen functional groups attached to an aromatic ring is 1. The monoisotopic (exact) mass is 328 g/mol. The van der Waals surface area contributed by atoms with E-state index in [-0.39, 0.29) is 5.82 Å². The molecule has 0 aromatic carbocycles. The zero-order valence-electron chi connectivity index (χ0n) is 12.4. The zero-order valence-corrected chi connectivity index (χ0v) is 12.4. The number of nitrogens with two attached hydrogens (primary N) is 1.